The molecular formula is C29H26Cl2N2O5S. The van der Waals surface area contributed by atoms with Crippen molar-refractivity contribution in [1.29, 1.82) is 0 Å². The lowest BCUT2D eigenvalue weighted by atomic mass is 10.1. The average molecular weight is 586 g/mol. The van der Waals surface area contributed by atoms with Crippen molar-refractivity contribution in [3.8, 4) is 17.2 Å². The normalized spacial score (nSPS) is 12.0. The number of hydrogen-bond donors (Lipinski definition) is 2. The SMILES string of the molecule is CCOc1ccc(S(=O)(=O)N[C@@H](Cc2ccccc2)C(=O)Nc2cc(Cl)ccc2Oc2ccccc2)cc1Cl. The first-order valence-electron chi connectivity index (χ1n) is 12.1. The van der Waals surface area contributed by atoms with Crippen LogP contribution in [0.25, 0.3) is 0 Å². The summed E-state index contributed by atoms with van der Waals surface area (Å²) in [6, 6.07) is 25.9. The maximum atomic E-state index is 13.6. The number of hydrogen-bond acceptors (Lipinski definition) is 5. The number of para-hydroxylation sites is 1. The average Bonchev–Trinajstić information content (AvgIpc) is 2.92. The number of nitrogens with one attached hydrogen (secondary N) is 2. The van der Waals surface area contributed by atoms with Crippen molar-refractivity contribution < 1.29 is 22.7 Å². The molecule has 0 saturated heterocycles. The largest absolute Gasteiger partial charge is 0.492 e. The molecule has 4 aromatic rings. The van der Waals surface area contributed by atoms with E-state index in [0.717, 1.165) is 5.56 Å². The third-order valence-corrected chi connectivity index (χ3v) is 7.58. The summed E-state index contributed by atoms with van der Waals surface area (Å²) in [6.45, 7) is 2.18. The quantitative estimate of drug-likeness (QED) is 0.204. The zero-order valence-corrected chi connectivity index (χ0v) is 23.3. The molecule has 4 rings (SSSR count). The van der Waals surface area contributed by atoms with Gasteiger partial charge in [0.05, 0.1) is 22.2 Å². The van der Waals surface area contributed by atoms with E-state index in [1.165, 1.54) is 24.3 Å². The van der Waals surface area contributed by atoms with E-state index in [1.54, 1.807) is 31.2 Å². The molecule has 1 atom stereocenters. The maximum absolute atomic E-state index is 13.6. The zero-order chi connectivity index (χ0) is 27.8. The van der Waals surface area contributed by atoms with Crippen LogP contribution >= 0.6 is 23.2 Å². The van der Waals surface area contributed by atoms with Crippen molar-refractivity contribution in [1.82, 2.24) is 4.72 Å². The van der Waals surface area contributed by atoms with Gasteiger partial charge in [-0.15, -0.1) is 0 Å². The predicted octanol–water partition coefficient (Wildman–Crippen LogP) is 6.71. The number of anilines is 1. The van der Waals surface area contributed by atoms with E-state index in [4.69, 9.17) is 32.7 Å². The Kier molecular flexibility index (Phi) is 9.48. The van der Waals surface area contributed by atoms with Crippen molar-refractivity contribution in [3.63, 3.8) is 0 Å². The third-order valence-electron chi connectivity index (χ3n) is 5.58. The van der Waals surface area contributed by atoms with Gasteiger partial charge in [0.2, 0.25) is 15.9 Å². The van der Waals surface area contributed by atoms with E-state index >= 15 is 0 Å². The minimum absolute atomic E-state index is 0.0894. The van der Waals surface area contributed by atoms with Crippen molar-refractivity contribution in [2.45, 2.75) is 24.3 Å². The Bertz CT molecular complexity index is 1530. The molecule has 10 heteroatoms. The summed E-state index contributed by atoms with van der Waals surface area (Å²) in [6.07, 6.45) is 0.0894. The molecule has 0 aliphatic rings. The Morgan fingerprint density at radius 2 is 1.54 bits per heavy atom. The van der Waals surface area contributed by atoms with Crippen molar-refractivity contribution in [3.05, 3.63) is 113 Å². The first-order valence-corrected chi connectivity index (χ1v) is 14.3. The summed E-state index contributed by atoms with van der Waals surface area (Å²) in [5, 5.41) is 3.30. The summed E-state index contributed by atoms with van der Waals surface area (Å²) in [5.41, 5.74) is 1.05. The molecule has 0 heterocycles. The van der Waals surface area contributed by atoms with E-state index < -0.39 is 22.0 Å². The van der Waals surface area contributed by atoms with Gasteiger partial charge < -0.3 is 14.8 Å². The molecule has 0 aliphatic carbocycles. The van der Waals surface area contributed by atoms with Gasteiger partial charge in [-0.1, -0.05) is 71.7 Å². The number of carbonyl (C=O) groups excluding carboxylic acids is 1. The molecule has 0 aromatic heterocycles. The number of halogens is 2. The fourth-order valence-electron chi connectivity index (χ4n) is 3.74. The molecule has 202 valence electrons. The zero-order valence-electron chi connectivity index (χ0n) is 20.9. The highest BCUT2D eigenvalue weighted by atomic mass is 35.5. The van der Waals surface area contributed by atoms with Crippen LogP contribution in [0.15, 0.2) is 102 Å². The Balaban J connectivity index is 1.62. The second-order valence-corrected chi connectivity index (χ2v) is 11.0. The Morgan fingerprint density at radius 1 is 0.872 bits per heavy atom. The minimum Gasteiger partial charge on any atom is -0.492 e. The third kappa shape index (κ3) is 7.74. The van der Waals surface area contributed by atoms with E-state index in [9.17, 15) is 13.2 Å². The van der Waals surface area contributed by atoms with E-state index in [0.29, 0.717) is 28.9 Å². The van der Waals surface area contributed by atoms with Crippen molar-refractivity contribution in [2.24, 2.45) is 0 Å². The highest BCUT2D eigenvalue weighted by Crippen LogP contribution is 2.32. The molecule has 7 nitrogen and oxygen atoms in total. The molecule has 0 spiro atoms. The van der Waals surface area contributed by atoms with Crippen LogP contribution in [-0.2, 0) is 21.2 Å². The molecule has 39 heavy (non-hydrogen) atoms. The first kappa shape index (κ1) is 28.4. The van der Waals surface area contributed by atoms with Gasteiger partial charge in [0, 0.05) is 5.02 Å². The molecular weight excluding hydrogens is 559 g/mol. The highest BCUT2D eigenvalue weighted by Gasteiger charge is 2.27. The van der Waals surface area contributed by atoms with Crippen LogP contribution in [0.4, 0.5) is 5.69 Å². The lowest BCUT2D eigenvalue weighted by Gasteiger charge is -2.20. The van der Waals surface area contributed by atoms with Crippen LogP contribution in [0.1, 0.15) is 12.5 Å². The summed E-state index contributed by atoms with van der Waals surface area (Å²) >= 11 is 12.4. The molecule has 0 radical (unpaired) electrons. The number of sulfonamides is 1. The molecule has 2 N–H and O–H groups in total. The van der Waals surface area contributed by atoms with Gasteiger partial charge >= 0.3 is 0 Å². The molecule has 0 saturated carbocycles. The summed E-state index contributed by atoms with van der Waals surface area (Å²) < 4.78 is 40.5. The molecule has 0 fully saturated rings. The summed E-state index contributed by atoms with van der Waals surface area (Å²) in [5.74, 6) is 0.672. The van der Waals surface area contributed by atoms with Gasteiger partial charge in [-0.25, -0.2) is 8.42 Å². The van der Waals surface area contributed by atoms with Crippen LogP contribution in [0, 0.1) is 0 Å². The Hall–Kier alpha value is -3.56. The summed E-state index contributed by atoms with van der Waals surface area (Å²) in [4.78, 5) is 13.5. The van der Waals surface area contributed by atoms with Gasteiger partial charge in [-0.3, -0.25) is 4.79 Å². The number of carbonyl (C=O) groups is 1. The first-order chi connectivity index (χ1) is 18.7. The topological polar surface area (TPSA) is 93.7 Å². The number of benzene rings is 4. The van der Waals surface area contributed by atoms with Gasteiger partial charge in [0.1, 0.15) is 17.5 Å². The van der Waals surface area contributed by atoms with Crippen LogP contribution in [0.2, 0.25) is 10.0 Å². The van der Waals surface area contributed by atoms with E-state index in [-0.39, 0.29) is 22.0 Å². The molecule has 1 amide bonds. The lowest BCUT2D eigenvalue weighted by molar-refractivity contribution is -0.117. The summed E-state index contributed by atoms with van der Waals surface area (Å²) in [7, 11) is -4.15. The second-order valence-electron chi connectivity index (χ2n) is 8.43. The fraction of sp³-hybridized carbons (Fsp3) is 0.138. The molecule has 0 unspecified atom stereocenters. The van der Waals surface area contributed by atoms with E-state index in [2.05, 4.69) is 10.0 Å². The highest BCUT2D eigenvalue weighted by molar-refractivity contribution is 7.89. The fourth-order valence-corrected chi connectivity index (χ4v) is 5.43. The van der Waals surface area contributed by atoms with Crippen molar-refractivity contribution >= 4 is 44.8 Å². The number of amides is 1. The van der Waals surface area contributed by atoms with Crippen LogP contribution in [0.3, 0.4) is 0 Å². The second kappa shape index (κ2) is 13.0. The van der Waals surface area contributed by atoms with Crippen LogP contribution in [0.5, 0.6) is 17.2 Å². The smallest absolute Gasteiger partial charge is 0.243 e. The van der Waals surface area contributed by atoms with E-state index in [1.807, 2.05) is 48.5 Å². The van der Waals surface area contributed by atoms with Crippen LogP contribution < -0.4 is 19.5 Å². The van der Waals surface area contributed by atoms with Gasteiger partial charge in [0.25, 0.3) is 0 Å². The van der Waals surface area contributed by atoms with Gasteiger partial charge in [0.15, 0.2) is 5.75 Å². The minimum atomic E-state index is -4.15. The van der Waals surface area contributed by atoms with Crippen molar-refractivity contribution in [2.75, 3.05) is 11.9 Å². The predicted molar refractivity (Wildman–Crippen MR) is 153 cm³/mol. The van der Waals surface area contributed by atoms with Gasteiger partial charge in [-0.2, -0.15) is 4.72 Å². The molecule has 0 bridgehead atoms. The Morgan fingerprint density at radius 3 is 2.21 bits per heavy atom. The standard InChI is InChI=1S/C29H26Cl2N2O5S/c1-2-37-27-16-14-23(19-24(27)31)39(35,36)33-26(17-20-9-5-3-6-10-20)29(34)32-25-18-21(30)13-15-28(25)38-22-11-7-4-8-12-22/h3-16,18-19,26,33H,2,17H2,1H3,(H,32,34)/t26-/m0/s1. The maximum Gasteiger partial charge on any atom is 0.243 e. The molecule has 0 aliphatic heterocycles. The molecule has 4 aromatic carbocycles. The van der Waals surface area contributed by atoms with Crippen LogP contribution in [-0.4, -0.2) is 27.0 Å². The number of ether oxygens (including phenoxy) is 2. The lowest BCUT2D eigenvalue weighted by Crippen LogP contribution is -2.45. The van der Waals surface area contributed by atoms with Gasteiger partial charge in [-0.05, 0) is 67.4 Å². The monoisotopic (exact) mass is 584 g/mol. The Labute approximate surface area is 237 Å². The number of rotatable bonds is 11.